The summed E-state index contributed by atoms with van der Waals surface area (Å²) in [6, 6.07) is 17.6. The zero-order valence-electron chi connectivity index (χ0n) is 16.9. The fraction of sp³-hybridized carbons (Fsp3) is 0.231. The molecule has 0 aliphatic heterocycles. The second-order valence-electron chi connectivity index (χ2n) is 6.94. The molecule has 0 bridgehead atoms. The average Bonchev–Trinajstić information content (AvgIpc) is 2.70. The van der Waals surface area contributed by atoms with Crippen molar-refractivity contribution in [1.82, 2.24) is 9.80 Å². The Morgan fingerprint density at radius 1 is 0.500 bits per heavy atom. The van der Waals surface area contributed by atoms with E-state index in [9.17, 15) is 0 Å². The first kappa shape index (κ1) is 21.6. The van der Waals surface area contributed by atoms with Crippen LogP contribution in [0, 0.1) is 0 Å². The fourth-order valence-electron chi connectivity index (χ4n) is 3.26. The van der Waals surface area contributed by atoms with Crippen molar-refractivity contribution in [3.63, 3.8) is 0 Å². The molecule has 0 heterocycles. The molecule has 2 heteroatoms. The molecule has 2 rings (SSSR count). The number of hydrogen-bond acceptors (Lipinski definition) is 2. The van der Waals surface area contributed by atoms with Crippen molar-refractivity contribution >= 4 is 0 Å². The fourth-order valence-corrected chi connectivity index (χ4v) is 3.26. The molecule has 0 fully saturated rings. The summed E-state index contributed by atoms with van der Waals surface area (Å²) >= 11 is 0. The molecule has 0 saturated heterocycles. The van der Waals surface area contributed by atoms with Crippen LogP contribution in [0.4, 0.5) is 0 Å². The van der Waals surface area contributed by atoms with Crippen LogP contribution in [0.2, 0.25) is 0 Å². The minimum atomic E-state index is 0.865. The van der Waals surface area contributed by atoms with Crippen LogP contribution in [0.15, 0.2) is 99.2 Å². The Bertz CT molecular complexity index is 669. The van der Waals surface area contributed by atoms with Gasteiger partial charge in [0.2, 0.25) is 0 Å². The van der Waals surface area contributed by atoms with Crippen LogP contribution in [-0.4, -0.2) is 36.0 Å². The van der Waals surface area contributed by atoms with Crippen LogP contribution in [0.25, 0.3) is 11.1 Å². The van der Waals surface area contributed by atoms with Gasteiger partial charge in [-0.15, -0.1) is 26.3 Å². The van der Waals surface area contributed by atoms with E-state index in [1.807, 2.05) is 24.3 Å². The van der Waals surface area contributed by atoms with Crippen molar-refractivity contribution in [1.29, 1.82) is 0 Å². The lowest BCUT2D eigenvalue weighted by atomic mass is 10.0. The van der Waals surface area contributed by atoms with Gasteiger partial charge in [-0.3, -0.25) is 9.80 Å². The van der Waals surface area contributed by atoms with Gasteiger partial charge in [0.15, 0.2) is 0 Å². The minimum Gasteiger partial charge on any atom is -0.292 e. The lowest BCUT2D eigenvalue weighted by molar-refractivity contribution is 0.328. The maximum atomic E-state index is 3.83. The maximum absolute atomic E-state index is 3.83. The van der Waals surface area contributed by atoms with Crippen LogP contribution in [-0.2, 0) is 13.1 Å². The largest absolute Gasteiger partial charge is 0.292 e. The number of benzene rings is 2. The molecular formula is C26H32N2. The lowest BCUT2D eigenvalue weighted by Gasteiger charge is -2.19. The molecule has 0 N–H and O–H groups in total. The number of hydrogen-bond donors (Lipinski definition) is 0. The second-order valence-corrected chi connectivity index (χ2v) is 6.94. The molecular weight excluding hydrogens is 340 g/mol. The predicted molar refractivity (Wildman–Crippen MR) is 123 cm³/mol. The van der Waals surface area contributed by atoms with Crippen molar-refractivity contribution in [3.8, 4) is 11.1 Å². The van der Waals surface area contributed by atoms with Crippen molar-refractivity contribution in [2.24, 2.45) is 0 Å². The molecule has 0 spiro atoms. The highest BCUT2D eigenvalue weighted by molar-refractivity contribution is 5.64. The molecule has 0 aromatic heterocycles. The van der Waals surface area contributed by atoms with E-state index in [4.69, 9.17) is 0 Å². The normalized spacial score (nSPS) is 10.8. The molecule has 2 nitrogen and oxygen atoms in total. The molecule has 0 aliphatic rings. The summed E-state index contributed by atoms with van der Waals surface area (Å²) in [4.78, 5) is 4.62. The van der Waals surface area contributed by atoms with E-state index < -0.39 is 0 Å². The van der Waals surface area contributed by atoms with Crippen LogP contribution in [0.5, 0.6) is 0 Å². The highest BCUT2D eigenvalue weighted by Gasteiger charge is 2.05. The van der Waals surface area contributed by atoms with E-state index in [1.165, 1.54) is 22.3 Å². The monoisotopic (exact) mass is 372 g/mol. The summed E-state index contributed by atoms with van der Waals surface area (Å²) in [6.45, 7) is 20.6. The van der Waals surface area contributed by atoms with Crippen LogP contribution >= 0.6 is 0 Å². The third-order valence-corrected chi connectivity index (χ3v) is 4.60. The SMILES string of the molecule is C=CCN(CC=C)Cc1ccc(-c2ccc(CN(CC=C)CC=C)cc2)cc1. The number of nitrogens with zero attached hydrogens (tertiary/aromatic N) is 2. The van der Waals surface area contributed by atoms with E-state index in [-0.39, 0.29) is 0 Å². The summed E-state index contributed by atoms with van der Waals surface area (Å²) in [6.07, 6.45) is 7.74. The standard InChI is InChI=1S/C26H32N2/c1-5-17-27(18-6-2)21-23-9-13-25(14-10-23)26-15-11-24(12-16-26)22-28(19-7-3)20-8-4/h5-16H,1-4,17-22H2. The van der Waals surface area contributed by atoms with E-state index in [0.29, 0.717) is 0 Å². The van der Waals surface area contributed by atoms with Crippen molar-refractivity contribution < 1.29 is 0 Å². The van der Waals surface area contributed by atoms with Gasteiger partial charge >= 0.3 is 0 Å². The molecule has 0 atom stereocenters. The zero-order valence-corrected chi connectivity index (χ0v) is 16.9. The maximum Gasteiger partial charge on any atom is 0.0240 e. The predicted octanol–water partition coefficient (Wildman–Crippen LogP) is 5.70. The van der Waals surface area contributed by atoms with Gasteiger partial charge in [-0.1, -0.05) is 72.8 Å². The van der Waals surface area contributed by atoms with Crippen molar-refractivity contribution in [3.05, 3.63) is 110 Å². The first-order valence-electron chi connectivity index (χ1n) is 9.76. The van der Waals surface area contributed by atoms with Gasteiger partial charge in [0, 0.05) is 39.3 Å². The summed E-state index contributed by atoms with van der Waals surface area (Å²) in [7, 11) is 0. The molecule has 0 radical (unpaired) electrons. The van der Waals surface area contributed by atoms with E-state index in [0.717, 1.165) is 39.3 Å². The third kappa shape index (κ3) is 6.80. The van der Waals surface area contributed by atoms with Crippen LogP contribution in [0.1, 0.15) is 11.1 Å². The van der Waals surface area contributed by atoms with Gasteiger partial charge in [-0.2, -0.15) is 0 Å². The second kappa shape index (κ2) is 11.9. The molecule has 2 aromatic rings. The molecule has 28 heavy (non-hydrogen) atoms. The van der Waals surface area contributed by atoms with Crippen molar-refractivity contribution in [2.75, 3.05) is 26.2 Å². The topological polar surface area (TPSA) is 6.48 Å². The Balaban J connectivity index is 2.03. The first-order chi connectivity index (χ1) is 13.7. The molecule has 0 unspecified atom stereocenters. The zero-order chi connectivity index (χ0) is 20.2. The molecule has 2 aromatic carbocycles. The van der Waals surface area contributed by atoms with Gasteiger partial charge < -0.3 is 0 Å². The summed E-state index contributed by atoms with van der Waals surface area (Å²) < 4.78 is 0. The molecule has 0 aliphatic carbocycles. The number of rotatable bonds is 13. The van der Waals surface area contributed by atoms with Gasteiger partial charge in [0.25, 0.3) is 0 Å². The van der Waals surface area contributed by atoms with Gasteiger partial charge in [-0.05, 0) is 22.3 Å². The quantitative estimate of drug-likeness (QED) is 0.416. The summed E-state index contributed by atoms with van der Waals surface area (Å²) in [5, 5.41) is 0. The lowest BCUT2D eigenvalue weighted by Crippen LogP contribution is -2.23. The van der Waals surface area contributed by atoms with E-state index in [2.05, 4.69) is 84.6 Å². The Kier molecular flexibility index (Phi) is 9.20. The minimum absolute atomic E-state index is 0.865. The Morgan fingerprint density at radius 2 is 0.786 bits per heavy atom. The van der Waals surface area contributed by atoms with Crippen LogP contribution in [0.3, 0.4) is 0 Å². The van der Waals surface area contributed by atoms with E-state index in [1.54, 1.807) is 0 Å². The van der Waals surface area contributed by atoms with Crippen molar-refractivity contribution in [2.45, 2.75) is 13.1 Å². The third-order valence-electron chi connectivity index (χ3n) is 4.60. The molecule has 0 saturated carbocycles. The molecule has 146 valence electrons. The smallest absolute Gasteiger partial charge is 0.0240 e. The van der Waals surface area contributed by atoms with Gasteiger partial charge in [-0.25, -0.2) is 0 Å². The Hall–Kier alpha value is -2.68. The molecule has 0 amide bonds. The highest BCUT2D eigenvalue weighted by Crippen LogP contribution is 2.21. The first-order valence-corrected chi connectivity index (χ1v) is 9.76. The Labute approximate surface area is 170 Å². The summed E-state index contributed by atoms with van der Waals surface area (Å²) in [5.74, 6) is 0. The van der Waals surface area contributed by atoms with Gasteiger partial charge in [0.05, 0.1) is 0 Å². The Morgan fingerprint density at radius 3 is 1.04 bits per heavy atom. The van der Waals surface area contributed by atoms with Gasteiger partial charge in [0.1, 0.15) is 0 Å². The van der Waals surface area contributed by atoms with Crippen LogP contribution < -0.4 is 0 Å². The van der Waals surface area contributed by atoms with E-state index >= 15 is 0 Å². The highest BCUT2D eigenvalue weighted by atomic mass is 15.1. The average molecular weight is 373 g/mol. The summed E-state index contributed by atoms with van der Waals surface area (Å²) in [5.41, 5.74) is 5.08.